The number of rotatable bonds is 8. The zero-order valence-electron chi connectivity index (χ0n) is 12.1. The predicted octanol–water partition coefficient (Wildman–Crippen LogP) is 2.08. The molecule has 0 bridgehead atoms. The first-order valence-electron chi connectivity index (χ1n) is 7.09. The van der Waals surface area contributed by atoms with Crippen LogP contribution in [0.1, 0.15) is 40.5 Å². The van der Waals surface area contributed by atoms with E-state index in [0.29, 0.717) is 12.0 Å². The highest BCUT2D eigenvalue weighted by Gasteiger charge is 2.14. The number of imidazole rings is 1. The molecule has 0 saturated heterocycles. The number of aryl methyl sites for hydroxylation is 1. The summed E-state index contributed by atoms with van der Waals surface area (Å²) in [6.45, 7) is 11.2. The van der Waals surface area contributed by atoms with Crippen LogP contribution in [0.15, 0.2) is 17.2 Å². The average Bonchev–Trinajstić information content (AvgIpc) is 2.67. The molecule has 1 N–H and O–H groups in total. The third-order valence-electron chi connectivity index (χ3n) is 3.24. The fourth-order valence-electron chi connectivity index (χ4n) is 2.06. The molecule has 0 aliphatic rings. The number of nitrogens with one attached hydrogen (secondary N) is 1. The highest BCUT2D eigenvalue weighted by atomic mass is 16.1. The molecule has 1 rings (SSSR count). The van der Waals surface area contributed by atoms with Gasteiger partial charge in [-0.05, 0) is 25.3 Å². The van der Waals surface area contributed by atoms with Crippen LogP contribution >= 0.6 is 0 Å². The monoisotopic (exact) mass is 253 g/mol. The second kappa shape index (κ2) is 7.41. The van der Waals surface area contributed by atoms with Crippen LogP contribution in [0.5, 0.6) is 0 Å². The summed E-state index contributed by atoms with van der Waals surface area (Å²) in [5, 5.41) is 3.52. The van der Waals surface area contributed by atoms with E-state index >= 15 is 0 Å². The molecule has 0 radical (unpaired) electrons. The number of hydrogen-bond acceptors (Lipinski definition) is 2. The van der Waals surface area contributed by atoms with E-state index in [1.807, 2.05) is 17.0 Å². The standard InChI is InChI=1S/C14H27N3O/c1-5-7-15-13(12(3)4)11-17-10-9-16(8-6-2)14(17)18/h9-10,12-13,15H,5-8,11H2,1-4H3. The van der Waals surface area contributed by atoms with Crippen molar-refractivity contribution in [3.63, 3.8) is 0 Å². The molecule has 1 heterocycles. The summed E-state index contributed by atoms with van der Waals surface area (Å²) in [4.78, 5) is 12.1. The summed E-state index contributed by atoms with van der Waals surface area (Å²) >= 11 is 0. The maximum Gasteiger partial charge on any atom is 0.328 e. The Balaban J connectivity index is 2.71. The van der Waals surface area contributed by atoms with Crippen LogP contribution in [0.2, 0.25) is 0 Å². The summed E-state index contributed by atoms with van der Waals surface area (Å²) < 4.78 is 3.61. The Morgan fingerprint density at radius 1 is 1.17 bits per heavy atom. The first-order valence-corrected chi connectivity index (χ1v) is 7.09. The predicted molar refractivity (Wildman–Crippen MR) is 75.9 cm³/mol. The molecule has 0 spiro atoms. The van der Waals surface area contributed by atoms with E-state index < -0.39 is 0 Å². The van der Waals surface area contributed by atoms with Crippen molar-refractivity contribution in [2.45, 2.75) is 59.7 Å². The third-order valence-corrected chi connectivity index (χ3v) is 3.24. The molecule has 0 fully saturated rings. The van der Waals surface area contributed by atoms with Crippen LogP contribution < -0.4 is 11.0 Å². The van der Waals surface area contributed by atoms with Gasteiger partial charge in [-0.3, -0.25) is 9.13 Å². The van der Waals surface area contributed by atoms with Crippen LogP contribution in [0.3, 0.4) is 0 Å². The molecule has 4 nitrogen and oxygen atoms in total. The third kappa shape index (κ3) is 4.02. The minimum atomic E-state index is 0.112. The average molecular weight is 253 g/mol. The largest absolute Gasteiger partial charge is 0.328 e. The van der Waals surface area contributed by atoms with E-state index in [1.165, 1.54) is 0 Å². The molecule has 104 valence electrons. The van der Waals surface area contributed by atoms with Crippen LogP contribution in [-0.2, 0) is 13.1 Å². The minimum absolute atomic E-state index is 0.112. The Kier molecular flexibility index (Phi) is 6.19. The fraction of sp³-hybridized carbons (Fsp3) is 0.786. The van der Waals surface area contributed by atoms with Gasteiger partial charge in [0.25, 0.3) is 0 Å². The van der Waals surface area contributed by atoms with Crippen LogP contribution in [0.25, 0.3) is 0 Å². The molecule has 0 aromatic carbocycles. The van der Waals surface area contributed by atoms with Gasteiger partial charge < -0.3 is 5.32 Å². The van der Waals surface area contributed by atoms with E-state index in [0.717, 1.165) is 32.5 Å². The topological polar surface area (TPSA) is 39.0 Å². The van der Waals surface area contributed by atoms with E-state index in [-0.39, 0.29) is 5.69 Å². The Hall–Kier alpha value is -1.03. The molecule has 18 heavy (non-hydrogen) atoms. The first-order chi connectivity index (χ1) is 8.60. The van der Waals surface area contributed by atoms with Gasteiger partial charge in [0, 0.05) is 31.5 Å². The molecule has 0 saturated carbocycles. The van der Waals surface area contributed by atoms with Gasteiger partial charge in [-0.15, -0.1) is 0 Å². The van der Waals surface area contributed by atoms with E-state index in [9.17, 15) is 4.79 Å². The summed E-state index contributed by atoms with van der Waals surface area (Å²) in [6.07, 6.45) is 5.91. The van der Waals surface area contributed by atoms with Crippen molar-refractivity contribution in [1.82, 2.24) is 14.5 Å². The number of hydrogen-bond donors (Lipinski definition) is 1. The minimum Gasteiger partial charge on any atom is -0.312 e. The van der Waals surface area contributed by atoms with Crippen molar-refractivity contribution in [1.29, 1.82) is 0 Å². The lowest BCUT2D eigenvalue weighted by Crippen LogP contribution is -2.40. The molecule has 1 aromatic rings. The van der Waals surface area contributed by atoms with Crippen LogP contribution in [0, 0.1) is 5.92 Å². The van der Waals surface area contributed by atoms with Gasteiger partial charge in [-0.25, -0.2) is 4.79 Å². The fourth-order valence-corrected chi connectivity index (χ4v) is 2.06. The van der Waals surface area contributed by atoms with Crippen molar-refractivity contribution < 1.29 is 0 Å². The highest BCUT2D eigenvalue weighted by Crippen LogP contribution is 2.04. The maximum absolute atomic E-state index is 12.1. The number of nitrogens with zero attached hydrogens (tertiary/aromatic N) is 2. The highest BCUT2D eigenvalue weighted by molar-refractivity contribution is 4.84. The van der Waals surface area contributed by atoms with E-state index in [2.05, 4.69) is 33.0 Å². The Labute approximate surface area is 110 Å². The zero-order chi connectivity index (χ0) is 13.5. The molecule has 0 aliphatic carbocycles. The van der Waals surface area contributed by atoms with Gasteiger partial charge in [0.1, 0.15) is 0 Å². The second-order valence-electron chi connectivity index (χ2n) is 5.23. The molecule has 1 aromatic heterocycles. The van der Waals surface area contributed by atoms with E-state index in [1.54, 1.807) is 4.57 Å². The smallest absolute Gasteiger partial charge is 0.312 e. The summed E-state index contributed by atoms with van der Waals surface area (Å²) in [7, 11) is 0. The molecule has 1 unspecified atom stereocenters. The quantitative estimate of drug-likeness (QED) is 0.770. The zero-order valence-corrected chi connectivity index (χ0v) is 12.1. The van der Waals surface area contributed by atoms with Crippen molar-refractivity contribution in [3.05, 3.63) is 22.9 Å². The van der Waals surface area contributed by atoms with E-state index in [4.69, 9.17) is 0 Å². The summed E-state index contributed by atoms with van der Waals surface area (Å²) in [6, 6.07) is 0.361. The summed E-state index contributed by atoms with van der Waals surface area (Å²) in [5.41, 5.74) is 0.112. The SMILES string of the molecule is CCCNC(Cn1ccn(CCC)c1=O)C(C)C. The van der Waals surface area contributed by atoms with Gasteiger partial charge in [-0.1, -0.05) is 27.7 Å². The van der Waals surface area contributed by atoms with Crippen LogP contribution in [0.4, 0.5) is 0 Å². The normalized spacial score (nSPS) is 13.2. The van der Waals surface area contributed by atoms with Gasteiger partial charge in [0.05, 0.1) is 0 Å². The van der Waals surface area contributed by atoms with Gasteiger partial charge >= 0.3 is 5.69 Å². The van der Waals surface area contributed by atoms with Gasteiger partial charge in [0.2, 0.25) is 0 Å². The Bertz CT molecular complexity index is 392. The van der Waals surface area contributed by atoms with Crippen molar-refractivity contribution in [2.75, 3.05) is 6.54 Å². The first kappa shape index (κ1) is 15.0. The molecule has 0 aliphatic heterocycles. The summed E-state index contributed by atoms with van der Waals surface area (Å²) in [5.74, 6) is 0.526. The molecular formula is C14H27N3O. The maximum atomic E-state index is 12.1. The molecule has 1 atom stereocenters. The van der Waals surface area contributed by atoms with Gasteiger partial charge in [-0.2, -0.15) is 0 Å². The Morgan fingerprint density at radius 3 is 2.39 bits per heavy atom. The molecule has 4 heteroatoms. The van der Waals surface area contributed by atoms with Crippen LogP contribution in [-0.4, -0.2) is 21.7 Å². The second-order valence-corrected chi connectivity index (χ2v) is 5.23. The lowest BCUT2D eigenvalue weighted by molar-refractivity contribution is 0.351. The lowest BCUT2D eigenvalue weighted by atomic mass is 10.0. The lowest BCUT2D eigenvalue weighted by Gasteiger charge is -2.22. The van der Waals surface area contributed by atoms with Crippen molar-refractivity contribution >= 4 is 0 Å². The molecular weight excluding hydrogens is 226 g/mol. The van der Waals surface area contributed by atoms with Crippen molar-refractivity contribution in [3.8, 4) is 0 Å². The Morgan fingerprint density at radius 2 is 1.83 bits per heavy atom. The van der Waals surface area contributed by atoms with Crippen molar-refractivity contribution in [2.24, 2.45) is 5.92 Å². The van der Waals surface area contributed by atoms with Gasteiger partial charge in [0.15, 0.2) is 0 Å². The molecule has 0 amide bonds. The number of aromatic nitrogens is 2.